The second-order valence-electron chi connectivity index (χ2n) is 4.52. The molecule has 1 fully saturated rings. The first kappa shape index (κ1) is 10.7. The van der Waals surface area contributed by atoms with Crippen LogP contribution in [0.1, 0.15) is 37.7 Å². The van der Waals surface area contributed by atoms with Crippen LogP contribution < -0.4 is 0 Å². The van der Waals surface area contributed by atoms with E-state index in [0.717, 1.165) is 5.92 Å². The normalized spacial score (nSPS) is 19.3. The Hall–Kier alpha value is -0.820. The molecule has 0 saturated carbocycles. The molecule has 0 amide bonds. The van der Waals surface area contributed by atoms with Crippen LogP contribution in [0.2, 0.25) is 0 Å². The quantitative estimate of drug-likeness (QED) is 0.726. The number of likely N-dealkylation sites (tertiary alicyclic amines) is 1. The van der Waals surface area contributed by atoms with Gasteiger partial charge < -0.3 is 4.90 Å². The Morgan fingerprint density at radius 3 is 2.40 bits per heavy atom. The standard InChI is InChI=1S/C14H21N/c1-2-13(12-15-10-6-7-11-15)14-8-4-3-5-9-14/h3-5,8-9,13H,2,6-7,10-12H2,1H3/t13-/m1/s1. The minimum Gasteiger partial charge on any atom is -0.303 e. The highest BCUT2D eigenvalue weighted by molar-refractivity contribution is 5.19. The Labute approximate surface area is 93.1 Å². The van der Waals surface area contributed by atoms with Gasteiger partial charge in [-0.1, -0.05) is 37.3 Å². The number of hydrogen-bond acceptors (Lipinski definition) is 1. The lowest BCUT2D eigenvalue weighted by atomic mass is 9.96. The fourth-order valence-corrected chi connectivity index (χ4v) is 2.47. The van der Waals surface area contributed by atoms with Crippen molar-refractivity contribution < 1.29 is 0 Å². The van der Waals surface area contributed by atoms with Crippen LogP contribution in [0.3, 0.4) is 0 Å². The zero-order valence-electron chi connectivity index (χ0n) is 9.65. The molecule has 15 heavy (non-hydrogen) atoms. The Balaban J connectivity index is 1.97. The molecule has 0 aromatic heterocycles. The van der Waals surface area contributed by atoms with E-state index in [-0.39, 0.29) is 0 Å². The first-order valence-electron chi connectivity index (χ1n) is 6.17. The predicted molar refractivity (Wildman–Crippen MR) is 65.1 cm³/mol. The Kier molecular flexibility index (Phi) is 3.79. The van der Waals surface area contributed by atoms with Crippen molar-refractivity contribution in [3.8, 4) is 0 Å². The van der Waals surface area contributed by atoms with Crippen molar-refractivity contribution in [1.29, 1.82) is 0 Å². The van der Waals surface area contributed by atoms with Crippen molar-refractivity contribution in [2.75, 3.05) is 19.6 Å². The maximum Gasteiger partial charge on any atom is 0.00502 e. The summed E-state index contributed by atoms with van der Waals surface area (Å²) in [7, 11) is 0. The van der Waals surface area contributed by atoms with E-state index in [0.29, 0.717) is 0 Å². The molecule has 1 heterocycles. The van der Waals surface area contributed by atoms with Gasteiger partial charge in [0.2, 0.25) is 0 Å². The fourth-order valence-electron chi connectivity index (χ4n) is 2.47. The van der Waals surface area contributed by atoms with Gasteiger partial charge in [-0.3, -0.25) is 0 Å². The van der Waals surface area contributed by atoms with Crippen molar-refractivity contribution in [1.82, 2.24) is 4.90 Å². The Morgan fingerprint density at radius 2 is 1.80 bits per heavy atom. The average Bonchev–Trinajstić information content (AvgIpc) is 2.80. The molecule has 1 saturated heterocycles. The van der Waals surface area contributed by atoms with Crippen LogP contribution in [-0.4, -0.2) is 24.5 Å². The van der Waals surface area contributed by atoms with E-state index in [4.69, 9.17) is 0 Å². The van der Waals surface area contributed by atoms with Gasteiger partial charge in [0.05, 0.1) is 0 Å². The van der Waals surface area contributed by atoms with Crippen molar-refractivity contribution in [2.24, 2.45) is 0 Å². The van der Waals surface area contributed by atoms with Gasteiger partial charge >= 0.3 is 0 Å². The SMILES string of the molecule is CC[C@H](CN1CCCC1)c1ccccc1. The highest BCUT2D eigenvalue weighted by Gasteiger charge is 2.17. The van der Waals surface area contributed by atoms with E-state index < -0.39 is 0 Å². The molecule has 0 N–H and O–H groups in total. The molecule has 82 valence electrons. The average molecular weight is 203 g/mol. The lowest BCUT2D eigenvalue weighted by Gasteiger charge is -2.22. The summed E-state index contributed by atoms with van der Waals surface area (Å²) in [6.45, 7) is 6.17. The lowest BCUT2D eigenvalue weighted by Crippen LogP contribution is -2.25. The molecule has 0 unspecified atom stereocenters. The number of rotatable bonds is 4. The van der Waals surface area contributed by atoms with Crippen molar-refractivity contribution in [3.63, 3.8) is 0 Å². The largest absolute Gasteiger partial charge is 0.303 e. The van der Waals surface area contributed by atoms with Crippen LogP contribution in [0, 0.1) is 0 Å². The summed E-state index contributed by atoms with van der Waals surface area (Å²) in [5.41, 5.74) is 1.51. The third-order valence-electron chi connectivity index (χ3n) is 3.44. The van der Waals surface area contributed by atoms with E-state index in [1.807, 2.05) is 0 Å². The van der Waals surface area contributed by atoms with Gasteiger partial charge in [-0.25, -0.2) is 0 Å². The molecular weight excluding hydrogens is 182 g/mol. The molecule has 1 heteroatoms. The van der Waals surface area contributed by atoms with Gasteiger partial charge in [-0.2, -0.15) is 0 Å². The van der Waals surface area contributed by atoms with Gasteiger partial charge in [0.1, 0.15) is 0 Å². The molecule has 1 aromatic carbocycles. The second kappa shape index (κ2) is 5.32. The maximum absolute atomic E-state index is 2.61. The predicted octanol–water partition coefficient (Wildman–Crippen LogP) is 3.28. The van der Waals surface area contributed by atoms with Crippen LogP contribution in [0.5, 0.6) is 0 Å². The van der Waals surface area contributed by atoms with Gasteiger partial charge in [-0.15, -0.1) is 0 Å². The third-order valence-corrected chi connectivity index (χ3v) is 3.44. The Morgan fingerprint density at radius 1 is 1.13 bits per heavy atom. The zero-order chi connectivity index (χ0) is 10.5. The summed E-state index contributed by atoms with van der Waals surface area (Å²) < 4.78 is 0. The van der Waals surface area contributed by atoms with Gasteiger partial charge in [0.15, 0.2) is 0 Å². The topological polar surface area (TPSA) is 3.24 Å². The van der Waals surface area contributed by atoms with E-state index >= 15 is 0 Å². The second-order valence-corrected chi connectivity index (χ2v) is 4.52. The van der Waals surface area contributed by atoms with Crippen LogP contribution in [0.25, 0.3) is 0 Å². The first-order valence-corrected chi connectivity index (χ1v) is 6.17. The monoisotopic (exact) mass is 203 g/mol. The van der Waals surface area contributed by atoms with E-state index in [1.165, 1.54) is 44.5 Å². The number of hydrogen-bond donors (Lipinski definition) is 0. The first-order chi connectivity index (χ1) is 7.40. The van der Waals surface area contributed by atoms with Gasteiger partial charge in [-0.05, 0) is 43.8 Å². The van der Waals surface area contributed by atoms with Crippen molar-refractivity contribution in [3.05, 3.63) is 35.9 Å². The van der Waals surface area contributed by atoms with Crippen LogP contribution in [0.4, 0.5) is 0 Å². The molecular formula is C14H21N. The summed E-state index contributed by atoms with van der Waals surface area (Å²) in [5, 5.41) is 0. The number of benzene rings is 1. The van der Waals surface area contributed by atoms with E-state index in [9.17, 15) is 0 Å². The Bertz CT molecular complexity index is 275. The molecule has 0 aliphatic carbocycles. The van der Waals surface area contributed by atoms with E-state index in [2.05, 4.69) is 42.2 Å². The number of nitrogens with zero attached hydrogens (tertiary/aromatic N) is 1. The molecule has 0 spiro atoms. The minimum absolute atomic E-state index is 0.726. The van der Waals surface area contributed by atoms with Crippen molar-refractivity contribution in [2.45, 2.75) is 32.1 Å². The summed E-state index contributed by atoms with van der Waals surface area (Å²) in [5.74, 6) is 0.726. The molecule has 2 rings (SSSR count). The third kappa shape index (κ3) is 2.82. The molecule has 1 aliphatic rings. The smallest absolute Gasteiger partial charge is 0.00502 e. The van der Waals surface area contributed by atoms with E-state index in [1.54, 1.807) is 0 Å². The fraction of sp³-hybridized carbons (Fsp3) is 0.571. The highest BCUT2D eigenvalue weighted by atomic mass is 15.1. The molecule has 1 aromatic rings. The zero-order valence-corrected chi connectivity index (χ0v) is 9.65. The van der Waals surface area contributed by atoms with Gasteiger partial charge in [0.25, 0.3) is 0 Å². The summed E-state index contributed by atoms with van der Waals surface area (Å²) in [6, 6.07) is 10.9. The molecule has 0 radical (unpaired) electrons. The summed E-state index contributed by atoms with van der Waals surface area (Å²) in [6.07, 6.45) is 4.04. The molecule has 1 nitrogen and oxygen atoms in total. The highest BCUT2D eigenvalue weighted by Crippen LogP contribution is 2.22. The van der Waals surface area contributed by atoms with Gasteiger partial charge in [0, 0.05) is 6.54 Å². The minimum atomic E-state index is 0.726. The lowest BCUT2D eigenvalue weighted by molar-refractivity contribution is 0.310. The van der Waals surface area contributed by atoms with Crippen LogP contribution in [-0.2, 0) is 0 Å². The van der Waals surface area contributed by atoms with Crippen LogP contribution >= 0.6 is 0 Å². The molecule has 0 bridgehead atoms. The van der Waals surface area contributed by atoms with Crippen LogP contribution in [0.15, 0.2) is 30.3 Å². The molecule has 1 aliphatic heterocycles. The maximum atomic E-state index is 2.61. The molecule has 1 atom stereocenters. The summed E-state index contributed by atoms with van der Waals surface area (Å²) >= 11 is 0. The van der Waals surface area contributed by atoms with Crippen molar-refractivity contribution >= 4 is 0 Å². The summed E-state index contributed by atoms with van der Waals surface area (Å²) in [4.78, 5) is 2.61.